The van der Waals surface area contributed by atoms with Crippen molar-refractivity contribution in [2.75, 3.05) is 32.9 Å². The Morgan fingerprint density at radius 1 is 1.44 bits per heavy atom. The maximum atomic E-state index is 12.3. The molecule has 1 rings (SSSR count). The molecule has 1 aliphatic heterocycles. The van der Waals surface area contributed by atoms with Crippen molar-refractivity contribution >= 4 is 5.91 Å². The fourth-order valence-corrected chi connectivity index (χ4v) is 2.18. The molecule has 18 heavy (non-hydrogen) atoms. The molecule has 1 heterocycles. The van der Waals surface area contributed by atoms with E-state index in [1.807, 2.05) is 13.8 Å². The number of carbonyl (C=O) groups excluding carboxylic acids is 1. The van der Waals surface area contributed by atoms with Gasteiger partial charge < -0.3 is 20.9 Å². The number of carbonyl (C=O) groups is 1. The van der Waals surface area contributed by atoms with Crippen LogP contribution in [0.25, 0.3) is 0 Å². The predicted octanol–water partition coefficient (Wildman–Crippen LogP) is 0.267. The average molecular weight is 258 g/mol. The second kappa shape index (κ2) is 6.50. The molecule has 1 fully saturated rings. The van der Waals surface area contributed by atoms with Gasteiger partial charge >= 0.3 is 0 Å². The van der Waals surface area contributed by atoms with Crippen LogP contribution in [0, 0.1) is 10.8 Å². The average Bonchev–Trinajstić information content (AvgIpc) is 2.37. The molecule has 0 saturated carbocycles. The molecule has 0 aromatic rings. The molecule has 1 saturated heterocycles. The topological polar surface area (TPSA) is 84.6 Å². The summed E-state index contributed by atoms with van der Waals surface area (Å²) in [6, 6.07) is 0. The number of nitrogens with two attached hydrogens (primary N) is 1. The molecule has 1 amide bonds. The third-order valence-corrected chi connectivity index (χ3v) is 3.84. The SMILES string of the molecule is CC(C)(CCO)CNC(=O)C1(CN)CCOCC1. The van der Waals surface area contributed by atoms with E-state index in [1.165, 1.54) is 0 Å². The summed E-state index contributed by atoms with van der Waals surface area (Å²) in [5.74, 6) is 0.0271. The van der Waals surface area contributed by atoms with Crippen molar-refractivity contribution in [2.45, 2.75) is 33.1 Å². The van der Waals surface area contributed by atoms with Crippen molar-refractivity contribution in [1.29, 1.82) is 0 Å². The number of amides is 1. The fraction of sp³-hybridized carbons (Fsp3) is 0.923. The maximum Gasteiger partial charge on any atom is 0.227 e. The Hall–Kier alpha value is -0.650. The molecule has 0 spiro atoms. The third kappa shape index (κ3) is 3.93. The molecule has 0 aromatic carbocycles. The van der Waals surface area contributed by atoms with Crippen LogP contribution in [0.2, 0.25) is 0 Å². The second-order valence-electron chi connectivity index (χ2n) is 5.92. The first-order valence-corrected chi connectivity index (χ1v) is 6.63. The van der Waals surface area contributed by atoms with Gasteiger partial charge in [-0.25, -0.2) is 0 Å². The van der Waals surface area contributed by atoms with E-state index in [0.717, 1.165) is 0 Å². The van der Waals surface area contributed by atoms with Gasteiger partial charge in [-0.05, 0) is 24.7 Å². The lowest BCUT2D eigenvalue weighted by molar-refractivity contribution is -0.136. The molecule has 5 heteroatoms. The summed E-state index contributed by atoms with van der Waals surface area (Å²) >= 11 is 0. The molecule has 0 bridgehead atoms. The Kier molecular flexibility index (Phi) is 5.56. The van der Waals surface area contributed by atoms with Crippen molar-refractivity contribution in [2.24, 2.45) is 16.6 Å². The standard InChI is InChI=1S/C13H26N2O3/c1-12(2,3-6-16)10-15-11(17)13(9-14)4-7-18-8-5-13/h16H,3-10,14H2,1-2H3,(H,15,17). The zero-order valence-corrected chi connectivity index (χ0v) is 11.5. The largest absolute Gasteiger partial charge is 0.396 e. The van der Waals surface area contributed by atoms with Gasteiger partial charge in [0.15, 0.2) is 0 Å². The van der Waals surface area contributed by atoms with E-state index in [1.54, 1.807) is 0 Å². The first-order chi connectivity index (χ1) is 8.46. The van der Waals surface area contributed by atoms with E-state index in [0.29, 0.717) is 45.6 Å². The van der Waals surface area contributed by atoms with Crippen LogP contribution < -0.4 is 11.1 Å². The first kappa shape index (κ1) is 15.4. The lowest BCUT2D eigenvalue weighted by Crippen LogP contribution is -2.50. The third-order valence-electron chi connectivity index (χ3n) is 3.84. The zero-order valence-electron chi connectivity index (χ0n) is 11.5. The Labute approximate surface area is 109 Å². The number of hydrogen-bond acceptors (Lipinski definition) is 4. The van der Waals surface area contributed by atoms with Crippen LogP contribution in [0.15, 0.2) is 0 Å². The highest BCUT2D eigenvalue weighted by Crippen LogP contribution is 2.30. The molecule has 0 radical (unpaired) electrons. The summed E-state index contributed by atoms with van der Waals surface area (Å²) < 4.78 is 5.29. The van der Waals surface area contributed by atoms with Crippen molar-refractivity contribution in [1.82, 2.24) is 5.32 Å². The van der Waals surface area contributed by atoms with Crippen LogP contribution in [0.1, 0.15) is 33.1 Å². The summed E-state index contributed by atoms with van der Waals surface area (Å²) in [6.07, 6.45) is 2.05. The summed E-state index contributed by atoms with van der Waals surface area (Å²) in [6.45, 7) is 6.33. The minimum Gasteiger partial charge on any atom is -0.396 e. The number of hydrogen-bond donors (Lipinski definition) is 3. The number of aliphatic hydroxyl groups is 1. The minimum atomic E-state index is -0.465. The van der Waals surface area contributed by atoms with Gasteiger partial charge in [0.1, 0.15) is 0 Å². The van der Waals surface area contributed by atoms with Crippen molar-refractivity contribution in [3.63, 3.8) is 0 Å². The van der Waals surface area contributed by atoms with E-state index < -0.39 is 5.41 Å². The molecule has 4 N–H and O–H groups in total. The lowest BCUT2D eigenvalue weighted by atomic mass is 9.79. The Morgan fingerprint density at radius 3 is 2.56 bits per heavy atom. The summed E-state index contributed by atoms with van der Waals surface area (Å²) in [4.78, 5) is 12.3. The van der Waals surface area contributed by atoms with Crippen LogP contribution in [-0.4, -0.2) is 43.9 Å². The van der Waals surface area contributed by atoms with E-state index in [-0.39, 0.29) is 17.9 Å². The number of aliphatic hydroxyl groups excluding tert-OH is 1. The first-order valence-electron chi connectivity index (χ1n) is 6.63. The quantitative estimate of drug-likeness (QED) is 0.638. The van der Waals surface area contributed by atoms with Gasteiger partial charge in [0.25, 0.3) is 0 Å². The highest BCUT2D eigenvalue weighted by molar-refractivity contribution is 5.83. The maximum absolute atomic E-state index is 12.3. The monoisotopic (exact) mass is 258 g/mol. The molecule has 1 aliphatic rings. The van der Waals surface area contributed by atoms with E-state index in [9.17, 15) is 4.79 Å². The Bertz CT molecular complexity index is 273. The molecular formula is C13H26N2O3. The number of ether oxygens (including phenoxy) is 1. The van der Waals surface area contributed by atoms with Gasteiger partial charge in [-0.15, -0.1) is 0 Å². The zero-order chi connectivity index (χ0) is 13.6. The van der Waals surface area contributed by atoms with Gasteiger partial charge in [-0.2, -0.15) is 0 Å². The summed E-state index contributed by atoms with van der Waals surface area (Å²) in [5, 5.41) is 11.9. The van der Waals surface area contributed by atoms with Gasteiger partial charge in [0.05, 0.1) is 5.41 Å². The van der Waals surface area contributed by atoms with Crippen molar-refractivity contribution in [3.8, 4) is 0 Å². The van der Waals surface area contributed by atoms with Gasteiger partial charge in [0, 0.05) is 32.9 Å². The van der Waals surface area contributed by atoms with Crippen LogP contribution in [0.5, 0.6) is 0 Å². The minimum absolute atomic E-state index is 0.0271. The summed E-state index contributed by atoms with van der Waals surface area (Å²) in [5.41, 5.74) is 5.22. The molecule has 0 aliphatic carbocycles. The van der Waals surface area contributed by atoms with Crippen LogP contribution in [-0.2, 0) is 9.53 Å². The van der Waals surface area contributed by atoms with Gasteiger partial charge in [-0.3, -0.25) is 4.79 Å². The van der Waals surface area contributed by atoms with Crippen LogP contribution in [0.3, 0.4) is 0 Å². The number of nitrogens with one attached hydrogen (secondary N) is 1. The van der Waals surface area contributed by atoms with E-state index in [4.69, 9.17) is 15.6 Å². The van der Waals surface area contributed by atoms with Crippen LogP contribution in [0.4, 0.5) is 0 Å². The second-order valence-corrected chi connectivity index (χ2v) is 5.92. The normalized spacial score (nSPS) is 19.6. The van der Waals surface area contributed by atoms with Crippen LogP contribution >= 0.6 is 0 Å². The van der Waals surface area contributed by atoms with E-state index >= 15 is 0 Å². The highest BCUT2D eigenvalue weighted by Gasteiger charge is 2.39. The van der Waals surface area contributed by atoms with Crippen molar-refractivity contribution in [3.05, 3.63) is 0 Å². The smallest absolute Gasteiger partial charge is 0.227 e. The Morgan fingerprint density at radius 2 is 2.06 bits per heavy atom. The fourth-order valence-electron chi connectivity index (χ4n) is 2.18. The molecule has 0 atom stereocenters. The van der Waals surface area contributed by atoms with Gasteiger partial charge in [-0.1, -0.05) is 13.8 Å². The van der Waals surface area contributed by atoms with Crippen molar-refractivity contribution < 1.29 is 14.6 Å². The summed E-state index contributed by atoms with van der Waals surface area (Å²) in [7, 11) is 0. The molecular weight excluding hydrogens is 232 g/mol. The molecule has 0 unspecified atom stereocenters. The molecule has 5 nitrogen and oxygen atoms in total. The van der Waals surface area contributed by atoms with E-state index in [2.05, 4.69) is 5.32 Å². The highest BCUT2D eigenvalue weighted by atomic mass is 16.5. The number of rotatable bonds is 6. The molecule has 106 valence electrons. The predicted molar refractivity (Wildman–Crippen MR) is 70.0 cm³/mol. The Balaban J connectivity index is 2.52. The lowest BCUT2D eigenvalue weighted by Gasteiger charge is -2.35. The molecule has 0 aromatic heterocycles. The van der Waals surface area contributed by atoms with Gasteiger partial charge in [0.2, 0.25) is 5.91 Å².